The molecule has 1 heterocycles. The number of aryl methyl sites for hydroxylation is 1. The van der Waals surface area contributed by atoms with Gasteiger partial charge in [0.05, 0.1) is 17.4 Å². The maximum atomic E-state index is 11.0. The summed E-state index contributed by atoms with van der Waals surface area (Å²) < 4.78 is 0. The number of nitrogens with two attached hydrogens (primary N) is 1. The Bertz CT molecular complexity index is 580. The topological polar surface area (TPSA) is 80.9 Å². The van der Waals surface area contributed by atoms with E-state index in [0.29, 0.717) is 5.56 Å². The first-order valence-electron chi connectivity index (χ1n) is 6.02. The SMILES string of the molecule is Cc1nccnc1C(C)Nc1ccc(C(N)=O)cc1. The highest BCUT2D eigenvalue weighted by molar-refractivity contribution is 5.93. The summed E-state index contributed by atoms with van der Waals surface area (Å²) in [6.07, 6.45) is 3.35. The second kappa shape index (κ2) is 5.48. The first kappa shape index (κ1) is 13.0. The van der Waals surface area contributed by atoms with E-state index in [1.807, 2.05) is 26.0 Å². The number of aromatic nitrogens is 2. The van der Waals surface area contributed by atoms with E-state index < -0.39 is 5.91 Å². The molecule has 0 saturated carbocycles. The van der Waals surface area contributed by atoms with Crippen LogP contribution < -0.4 is 11.1 Å². The van der Waals surface area contributed by atoms with Gasteiger partial charge in [-0.2, -0.15) is 0 Å². The molecule has 1 atom stereocenters. The van der Waals surface area contributed by atoms with E-state index in [4.69, 9.17) is 5.73 Å². The Morgan fingerprint density at radius 2 is 1.84 bits per heavy atom. The van der Waals surface area contributed by atoms with Crippen molar-refractivity contribution in [1.82, 2.24) is 9.97 Å². The number of nitrogens with one attached hydrogen (secondary N) is 1. The number of carbonyl (C=O) groups is 1. The normalized spacial score (nSPS) is 11.9. The number of rotatable bonds is 4. The molecule has 2 aromatic rings. The van der Waals surface area contributed by atoms with E-state index in [9.17, 15) is 4.79 Å². The van der Waals surface area contributed by atoms with Gasteiger partial charge >= 0.3 is 0 Å². The molecule has 1 aromatic carbocycles. The summed E-state index contributed by atoms with van der Waals surface area (Å²) in [6, 6.07) is 7.07. The predicted octanol–water partition coefficient (Wildman–Crippen LogP) is 2.06. The van der Waals surface area contributed by atoms with Crippen LogP contribution in [0, 0.1) is 6.92 Å². The van der Waals surface area contributed by atoms with Gasteiger partial charge in [0.15, 0.2) is 0 Å². The fraction of sp³-hybridized carbons (Fsp3) is 0.214. The number of benzene rings is 1. The lowest BCUT2D eigenvalue weighted by Crippen LogP contribution is -2.12. The molecular weight excluding hydrogens is 240 g/mol. The Morgan fingerprint density at radius 1 is 1.21 bits per heavy atom. The average molecular weight is 256 g/mol. The van der Waals surface area contributed by atoms with Crippen LogP contribution in [0.15, 0.2) is 36.7 Å². The maximum Gasteiger partial charge on any atom is 0.248 e. The minimum absolute atomic E-state index is 0.0353. The number of carbonyl (C=O) groups excluding carboxylic acids is 1. The summed E-state index contributed by atoms with van der Waals surface area (Å²) in [5.41, 5.74) is 8.40. The quantitative estimate of drug-likeness (QED) is 0.877. The van der Waals surface area contributed by atoms with Crippen LogP contribution in [0.4, 0.5) is 5.69 Å². The van der Waals surface area contributed by atoms with Gasteiger partial charge in [0, 0.05) is 23.6 Å². The van der Waals surface area contributed by atoms with Crippen molar-refractivity contribution in [2.24, 2.45) is 5.73 Å². The van der Waals surface area contributed by atoms with Gasteiger partial charge in [0.1, 0.15) is 0 Å². The predicted molar refractivity (Wildman–Crippen MR) is 73.8 cm³/mol. The fourth-order valence-electron chi connectivity index (χ4n) is 1.89. The molecule has 5 heteroatoms. The lowest BCUT2D eigenvalue weighted by Gasteiger charge is -2.16. The van der Waals surface area contributed by atoms with Gasteiger partial charge in [-0.3, -0.25) is 14.8 Å². The average Bonchev–Trinajstić information content (AvgIpc) is 2.39. The molecule has 2 rings (SSSR count). The van der Waals surface area contributed by atoms with E-state index >= 15 is 0 Å². The molecule has 0 aliphatic heterocycles. The third kappa shape index (κ3) is 3.07. The zero-order valence-electron chi connectivity index (χ0n) is 10.9. The highest BCUT2D eigenvalue weighted by atomic mass is 16.1. The molecule has 5 nitrogen and oxygen atoms in total. The first-order chi connectivity index (χ1) is 9.08. The van der Waals surface area contributed by atoms with Gasteiger partial charge in [0.25, 0.3) is 0 Å². The van der Waals surface area contributed by atoms with Crippen molar-refractivity contribution in [2.45, 2.75) is 19.9 Å². The lowest BCUT2D eigenvalue weighted by atomic mass is 10.1. The molecule has 0 fully saturated rings. The Morgan fingerprint density at radius 3 is 2.42 bits per heavy atom. The molecule has 0 aliphatic carbocycles. The van der Waals surface area contributed by atoms with Crippen molar-refractivity contribution in [2.75, 3.05) is 5.32 Å². The van der Waals surface area contributed by atoms with Crippen LogP contribution in [0.1, 0.15) is 34.7 Å². The number of hydrogen-bond acceptors (Lipinski definition) is 4. The van der Waals surface area contributed by atoms with Gasteiger partial charge in [-0.15, -0.1) is 0 Å². The van der Waals surface area contributed by atoms with E-state index in [0.717, 1.165) is 17.1 Å². The van der Waals surface area contributed by atoms with E-state index in [1.165, 1.54) is 0 Å². The minimum atomic E-state index is -0.427. The van der Waals surface area contributed by atoms with Crippen molar-refractivity contribution < 1.29 is 4.79 Å². The van der Waals surface area contributed by atoms with Crippen LogP contribution in [0.3, 0.4) is 0 Å². The molecule has 3 N–H and O–H groups in total. The molecule has 1 aromatic heterocycles. The minimum Gasteiger partial charge on any atom is -0.377 e. The largest absolute Gasteiger partial charge is 0.377 e. The van der Waals surface area contributed by atoms with Gasteiger partial charge in [-0.25, -0.2) is 0 Å². The molecule has 98 valence electrons. The van der Waals surface area contributed by atoms with Crippen LogP contribution in [0.5, 0.6) is 0 Å². The van der Waals surface area contributed by atoms with Crippen LogP contribution in [0.2, 0.25) is 0 Å². The molecule has 0 aliphatic rings. The van der Waals surface area contributed by atoms with Crippen LogP contribution in [-0.4, -0.2) is 15.9 Å². The van der Waals surface area contributed by atoms with Crippen molar-refractivity contribution in [3.63, 3.8) is 0 Å². The third-order valence-corrected chi connectivity index (χ3v) is 2.88. The number of amides is 1. The summed E-state index contributed by atoms with van der Waals surface area (Å²) in [4.78, 5) is 19.5. The monoisotopic (exact) mass is 256 g/mol. The molecular formula is C14H16N4O. The number of primary amides is 1. The molecule has 0 saturated heterocycles. The van der Waals surface area contributed by atoms with Gasteiger partial charge in [-0.1, -0.05) is 0 Å². The molecule has 1 amide bonds. The number of hydrogen-bond donors (Lipinski definition) is 2. The standard InChI is InChI=1S/C14H16N4O/c1-9-13(17-8-7-16-9)10(2)18-12-5-3-11(4-6-12)14(15)19/h3-8,10,18H,1-2H3,(H2,15,19). The molecule has 0 spiro atoms. The summed E-state index contributed by atoms with van der Waals surface area (Å²) in [5, 5.41) is 3.31. The number of nitrogens with zero attached hydrogens (tertiary/aromatic N) is 2. The van der Waals surface area contributed by atoms with Crippen LogP contribution in [0.25, 0.3) is 0 Å². The van der Waals surface area contributed by atoms with Crippen LogP contribution >= 0.6 is 0 Å². The van der Waals surface area contributed by atoms with Crippen molar-refractivity contribution in [1.29, 1.82) is 0 Å². The Balaban J connectivity index is 2.13. The van der Waals surface area contributed by atoms with Gasteiger partial charge in [-0.05, 0) is 38.1 Å². The van der Waals surface area contributed by atoms with Gasteiger partial charge < -0.3 is 11.1 Å². The summed E-state index contributed by atoms with van der Waals surface area (Å²) in [7, 11) is 0. The number of anilines is 1. The second-order valence-corrected chi connectivity index (χ2v) is 4.33. The summed E-state index contributed by atoms with van der Waals surface area (Å²) >= 11 is 0. The zero-order chi connectivity index (χ0) is 13.8. The molecule has 1 unspecified atom stereocenters. The van der Waals surface area contributed by atoms with Crippen molar-refractivity contribution in [3.8, 4) is 0 Å². The highest BCUT2D eigenvalue weighted by Gasteiger charge is 2.10. The zero-order valence-corrected chi connectivity index (χ0v) is 10.9. The van der Waals surface area contributed by atoms with Gasteiger partial charge in [0.2, 0.25) is 5.91 Å². The Labute approximate surface area is 111 Å². The van der Waals surface area contributed by atoms with Crippen molar-refractivity contribution >= 4 is 11.6 Å². The lowest BCUT2D eigenvalue weighted by molar-refractivity contribution is 0.100. The summed E-state index contributed by atoms with van der Waals surface area (Å²) in [5.74, 6) is -0.427. The van der Waals surface area contributed by atoms with E-state index in [-0.39, 0.29) is 6.04 Å². The smallest absolute Gasteiger partial charge is 0.248 e. The van der Waals surface area contributed by atoms with E-state index in [1.54, 1.807) is 24.5 Å². The maximum absolute atomic E-state index is 11.0. The Hall–Kier alpha value is -2.43. The molecule has 0 bridgehead atoms. The van der Waals surface area contributed by atoms with E-state index in [2.05, 4.69) is 15.3 Å². The van der Waals surface area contributed by atoms with Crippen molar-refractivity contribution in [3.05, 3.63) is 53.6 Å². The first-order valence-corrected chi connectivity index (χ1v) is 6.02. The molecule has 19 heavy (non-hydrogen) atoms. The fourth-order valence-corrected chi connectivity index (χ4v) is 1.89. The highest BCUT2D eigenvalue weighted by Crippen LogP contribution is 2.19. The second-order valence-electron chi connectivity index (χ2n) is 4.33. The van der Waals surface area contributed by atoms with Crippen LogP contribution in [-0.2, 0) is 0 Å². The summed E-state index contributed by atoms with van der Waals surface area (Å²) in [6.45, 7) is 3.94. The molecule has 0 radical (unpaired) electrons. The third-order valence-electron chi connectivity index (χ3n) is 2.88. The Kier molecular flexibility index (Phi) is 3.75.